The van der Waals surface area contributed by atoms with Gasteiger partial charge in [0.1, 0.15) is 11.3 Å². The van der Waals surface area contributed by atoms with Gasteiger partial charge in [-0.2, -0.15) is 0 Å². The highest BCUT2D eigenvalue weighted by Gasteiger charge is 2.30. The molecule has 2 N–H and O–H groups in total. The lowest BCUT2D eigenvalue weighted by Gasteiger charge is -2.23. The lowest BCUT2D eigenvalue weighted by molar-refractivity contribution is -0.393. The van der Waals surface area contributed by atoms with Gasteiger partial charge in [-0.15, -0.1) is 0 Å². The first-order valence-electron chi connectivity index (χ1n) is 7.60. The first-order chi connectivity index (χ1) is 12.4. The monoisotopic (exact) mass is 496 g/mol. The van der Waals surface area contributed by atoms with Gasteiger partial charge in [-0.25, -0.2) is 0 Å². The summed E-state index contributed by atoms with van der Waals surface area (Å²) in [6, 6.07) is 1.99. The Morgan fingerprint density at radius 2 is 1.69 bits per heavy atom. The van der Waals surface area contributed by atoms with E-state index in [4.69, 9.17) is 5.11 Å². The topological polar surface area (TPSA) is 139 Å². The molecule has 0 spiro atoms. The highest BCUT2D eigenvalue weighted by Crippen LogP contribution is 2.35. The molecule has 0 atom stereocenters. The van der Waals surface area contributed by atoms with Crippen molar-refractivity contribution in [2.45, 2.75) is 6.42 Å². The van der Waals surface area contributed by atoms with Crippen molar-refractivity contribution in [1.29, 1.82) is 0 Å². The lowest BCUT2D eigenvalue weighted by Crippen LogP contribution is -2.30. The molecule has 1 rings (SSSR count). The number of rotatable bonds is 11. The zero-order chi connectivity index (χ0) is 19.7. The number of aliphatic hydroxyl groups is 1. The molecular formula is C14H18Br2N4O6. The number of amides is 1. The SMILES string of the molecule is O=C(NCCCO)c1cc(N(CCBr)CCBr)c([N+](=O)[O-])cc1[N+](=O)[O-]. The molecule has 0 bridgehead atoms. The minimum Gasteiger partial charge on any atom is -0.396 e. The van der Waals surface area contributed by atoms with Crippen LogP contribution >= 0.6 is 31.9 Å². The normalized spacial score (nSPS) is 10.4. The first kappa shape index (κ1) is 22.3. The maximum Gasteiger partial charge on any atom is 0.299 e. The van der Waals surface area contributed by atoms with Crippen LogP contribution in [0.5, 0.6) is 0 Å². The van der Waals surface area contributed by atoms with Crippen molar-refractivity contribution in [2.75, 3.05) is 41.8 Å². The molecular weight excluding hydrogens is 480 g/mol. The van der Waals surface area contributed by atoms with E-state index in [0.717, 1.165) is 6.07 Å². The van der Waals surface area contributed by atoms with Crippen molar-refractivity contribution >= 4 is 54.8 Å². The molecule has 0 aromatic heterocycles. The van der Waals surface area contributed by atoms with E-state index in [1.807, 2.05) is 0 Å². The molecule has 0 aliphatic rings. The van der Waals surface area contributed by atoms with Gasteiger partial charge < -0.3 is 15.3 Å². The summed E-state index contributed by atoms with van der Waals surface area (Å²) in [5.74, 6) is -0.723. The van der Waals surface area contributed by atoms with Gasteiger partial charge in [-0.3, -0.25) is 25.0 Å². The van der Waals surface area contributed by atoms with Gasteiger partial charge in [0.15, 0.2) is 0 Å². The average molecular weight is 498 g/mol. The number of anilines is 1. The van der Waals surface area contributed by atoms with Gasteiger partial charge in [-0.05, 0) is 12.5 Å². The molecule has 26 heavy (non-hydrogen) atoms. The summed E-state index contributed by atoms with van der Waals surface area (Å²) in [7, 11) is 0. The van der Waals surface area contributed by atoms with Crippen LogP contribution in [0.25, 0.3) is 0 Å². The van der Waals surface area contributed by atoms with Crippen LogP contribution in [0.4, 0.5) is 17.1 Å². The summed E-state index contributed by atoms with van der Waals surface area (Å²) in [6.45, 7) is 0.815. The van der Waals surface area contributed by atoms with E-state index in [1.165, 1.54) is 6.07 Å². The van der Waals surface area contributed by atoms with Crippen LogP contribution in [-0.4, -0.2) is 57.8 Å². The van der Waals surface area contributed by atoms with E-state index in [2.05, 4.69) is 37.2 Å². The van der Waals surface area contributed by atoms with Crippen molar-refractivity contribution in [1.82, 2.24) is 5.32 Å². The number of carbonyl (C=O) groups excluding carboxylic acids is 1. The molecule has 0 radical (unpaired) electrons. The van der Waals surface area contributed by atoms with Crippen LogP contribution in [0.15, 0.2) is 12.1 Å². The number of nitro benzene ring substituents is 2. The Hall–Kier alpha value is -1.79. The van der Waals surface area contributed by atoms with Crippen molar-refractivity contribution in [3.05, 3.63) is 37.9 Å². The molecule has 1 aromatic carbocycles. The molecule has 0 heterocycles. The number of hydrogen-bond acceptors (Lipinski definition) is 7. The van der Waals surface area contributed by atoms with E-state index in [1.54, 1.807) is 4.90 Å². The second-order valence-corrected chi connectivity index (χ2v) is 6.66. The predicted octanol–water partition coefficient (Wildman–Crippen LogP) is 2.21. The zero-order valence-corrected chi connectivity index (χ0v) is 16.9. The van der Waals surface area contributed by atoms with Crippen LogP contribution in [0, 0.1) is 20.2 Å². The van der Waals surface area contributed by atoms with E-state index in [-0.39, 0.29) is 24.4 Å². The molecule has 0 unspecified atom stereocenters. The molecule has 1 amide bonds. The Morgan fingerprint density at radius 3 is 2.15 bits per heavy atom. The second kappa shape index (κ2) is 11.0. The fourth-order valence-electron chi connectivity index (χ4n) is 2.23. The predicted molar refractivity (Wildman–Crippen MR) is 104 cm³/mol. The van der Waals surface area contributed by atoms with E-state index >= 15 is 0 Å². The van der Waals surface area contributed by atoms with E-state index in [9.17, 15) is 25.0 Å². The van der Waals surface area contributed by atoms with Crippen LogP contribution in [0.2, 0.25) is 0 Å². The number of hydrogen-bond donors (Lipinski definition) is 2. The Morgan fingerprint density at radius 1 is 1.12 bits per heavy atom. The minimum atomic E-state index is -0.822. The zero-order valence-electron chi connectivity index (χ0n) is 13.7. The summed E-state index contributed by atoms with van der Waals surface area (Å²) in [4.78, 5) is 35.2. The molecule has 0 saturated heterocycles. The third-order valence-corrected chi connectivity index (χ3v) is 4.11. The number of benzene rings is 1. The minimum absolute atomic E-state index is 0.130. The number of halogens is 2. The molecule has 12 heteroatoms. The highest BCUT2D eigenvalue weighted by molar-refractivity contribution is 9.09. The summed E-state index contributed by atoms with van der Waals surface area (Å²) in [6.07, 6.45) is 0.290. The van der Waals surface area contributed by atoms with Gasteiger partial charge >= 0.3 is 0 Å². The maximum atomic E-state index is 12.3. The summed E-state index contributed by atoms with van der Waals surface area (Å²) in [5, 5.41) is 35.0. The number of nitro groups is 2. The van der Waals surface area contributed by atoms with E-state index in [0.29, 0.717) is 30.2 Å². The molecule has 0 aliphatic carbocycles. The fourth-order valence-corrected chi connectivity index (χ4v) is 3.09. The fraction of sp³-hybridized carbons (Fsp3) is 0.500. The highest BCUT2D eigenvalue weighted by atomic mass is 79.9. The van der Waals surface area contributed by atoms with Crippen LogP contribution in [0.3, 0.4) is 0 Å². The number of alkyl halides is 2. The molecule has 0 fully saturated rings. The quantitative estimate of drug-likeness (QED) is 0.207. The number of carbonyl (C=O) groups is 1. The Labute approximate surface area is 166 Å². The number of nitrogens with one attached hydrogen (secondary N) is 1. The average Bonchev–Trinajstić information content (AvgIpc) is 2.60. The molecule has 10 nitrogen and oxygen atoms in total. The molecule has 1 aromatic rings. The van der Waals surface area contributed by atoms with E-state index < -0.39 is 27.1 Å². The number of nitrogens with zero attached hydrogens (tertiary/aromatic N) is 3. The molecule has 144 valence electrons. The van der Waals surface area contributed by atoms with Crippen LogP contribution in [0.1, 0.15) is 16.8 Å². The van der Waals surface area contributed by atoms with Gasteiger partial charge in [0, 0.05) is 36.9 Å². The van der Waals surface area contributed by atoms with Crippen molar-refractivity contribution in [2.24, 2.45) is 0 Å². The first-order valence-corrected chi connectivity index (χ1v) is 9.84. The third kappa shape index (κ3) is 5.88. The second-order valence-electron chi connectivity index (χ2n) is 5.07. The standard InChI is InChI=1S/C14H18Br2N4O6/c15-2-5-18(6-3-16)12-8-10(14(22)17-4-1-7-21)11(19(23)24)9-13(12)20(25)26/h8-9,21H,1-7H2,(H,17,22). The van der Waals surface area contributed by atoms with Crippen molar-refractivity contribution < 1.29 is 19.7 Å². The Balaban J connectivity index is 3.47. The lowest BCUT2D eigenvalue weighted by atomic mass is 10.1. The van der Waals surface area contributed by atoms with Gasteiger partial charge in [0.2, 0.25) is 0 Å². The summed E-state index contributed by atoms with van der Waals surface area (Å²) >= 11 is 6.54. The van der Waals surface area contributed by atoms with Crippen LogP contribution < -0.4 is 10.2 Å². The Kier molecular flexibility index (Phi) is 9.44. The van der Waals surface area contributed by atoms with Gasteiger partial charge in [0.05, 0.1) is 15.9 Å². The summed E-state index contributed by atoms with van der Waals surface area (Å²) < 4.78 is 0. The Bertz CT molecular complexity index is 667. The van der Waals surface area contributed by atoms with Crippen molar-refractivity contribution in [3.63, 3.8) is 0 Å². The van der Waals surface area contributed by atoms with Gasteiger partial charge in [-0.1, -0.05) is 31.9 Å². The molecule has 0 aliphatic heterocycles. The maximum absolute atomic E-state index is 12.3. The largest absolute Gasteiger partial charge is 0.396 e. The van der Waals surface area contributed by atoms with Crippen molar-refractivity contribution in [3.8, 4) is 0 Å². The molecule has 0 saturated carbocycles. The van der Waals surface area contributed by atoms with Gasteiger partial charge in [0.25, 0.3) is 17.3 Å². The number of aliphatic hydroxyl groups excluding tert-OH is 1. The third-order valence-electron chi connectivity index (χ3n) is 3.40. The van der Waals surface area contributed by atoms with Crippen LogP contribution in [-0.2, 0) is 0 Å². The smallest absolute Gasteiger partial charge is 0.299 e. The summed E-state index contributed by atoms with van der Waals surface area (Å²) in [5.41, 5.74) is -1.21.